The van der Waals surface area contributed by atoms with Crippen molar-refractivity contribution in [3.05, 3.63) is 12.7 Å². The molecule has 0 aliphatic carbocycles. The van der Waals surface area contributed by atoms with Gasteiger partial charge in [-0.05, 0) is 20.8 Å². The van der Waals surface area contributed by atoms with Gasteiger partial charge >= 0.3 is 6.09 Å². The van der Waals surface area contributed by atoms with Crippen LogP contribution in [0.5, 0.6) is 0 Å². The van der Waals surface area contributed by atoms with E-state index in [1.807, 2.05) is 20.8 Å². The highest BCUT2D eigenvalue weighted by atomic mass is 16.6. The third kappa shape index (κ3) is 2.95. The lowest BCUT2D eigenvalue weighted by atomic mass is 10.2. The molecule has 0 unspecified atom stereocenters. The van der Waals surface area contributed by atoms with Gasteiger partial charge in [-0.2, -0.15) is 0 Å². The lowest BCUT2D eigenvalue weighted by molar-refractivity contribution is 0.0240. The highest BCUT2D eigenvalue weighted by Crippen LogP contribution is 2.21. The quantitative estimate of drug-likeness (QED) is 0.857. The molecule has 0 spiro atoms. The Bertz CT molecular complexity index is 669. The lowest BCUT2D eigenvalue weighted by Crippen LogP contribution is -2.50. The molecular formula is C14H20N6O2. The van der Waals surface area contributed by atoms with Crippen LogP contribution in [-0.2, 0) is 4.74 Å². The number of rotatable bonds is 1. The van der Waals surface area contributed by atoms with Gasteiger partial charge in [-0.3, -0.25) is 0 Å². The number of amides is 1. The van der Waals surface area contributed by atoms with Gasteiger partial charge in [0, 0.05) is 26.2 Å². The number of imidazole rings is 1. The molecule has 0 radical (unpaired) electrons. The fourth-order valence-electron chi connectivity index (χ4n) is 2.42. The van der Waals surface area contributed by atoms with Gasteiger partial charge in [0.05, 0.1) is 6.33 Å². The Kier molecular flexibility index (Phi) is 3.59. The van der Waals surface area contributed by atoms with Gasteiger partial charge in [0.1, 0.15) is 17.4 Å². The van der Waals surface area contributed by atoms with Gasteiger partial charge in [-0.25, -0.2) is 19.7 Å². The van der Waals surface area contributed by atoms with Gasteiger partial charge in [-0.1, -0.05) is 0 Å². The summed E-state index contributed by atoms with van der Waals surface area (Å²) in [5.74, 6) is 0.825. The first-order valence-electron chi connectivity index (χ1n) is 7.31. The molecule has 2 aromatic heterocycles. The number of carbonyl (C=O) groups excluding carboxylic acids is 1. The normalized spacial score (nSPS) is 16.1. The van der Waals surface area contributed by atoms with Crippen LogP contribution in [0.2, 0.25) is 0 Å². The van der Waals surface area contributed by atoms with Crippen molar-refractivity contribution < 1.29 is 9.53 Å². The predicted molar refractivity (Wildman–Crippen MR) is 81.7 cm³/mol. The summed E-state index contributed by atoms with van der Waals surface area (Å²) in [4.78, 5) is 31.6. The molecule has 0 aromatic carbocycles. The minimum Gasteiger partial charge on any atom is -0.444 e. The maximum Gasteiger partial charge on any atom is 0.410 e. The zero-order chi connectivity index (χ0) is 15.7. The second-order valence-corrected chi connectivity index (χ2v) is 6.25. The Morgan fingerprint density at radius 2 is 1.91 bits per heavy atom. The number of carbonyl (C=O) groups is 1. The summed E-state index contributed by atoms with van der Waals surface area (Å²) in [6.07, 6.45) is 2.86. The smallest absolute Gasteiger partial charge is 0.410 e. The van der Waals surface area contributed by atoms with Crippen LogP contribution < -0.4 is 4.90 Å². The summed E-state index contributed by atoms with van der Waals surface area (Å²) in [5, 5.41) is 0. The topological polar surface area (TPSA) is 87.2 Å². The SMILES string of the molecule is CC(C)(C)OC(=O)N1CCN(c2ncnc3nc[nH]c23)CC1. The van der Waals surface area contributed by atoms with E-state index in [2.05, 4.69) is 24.8 Å². The predicted octanol–water partition coefficient (Wildman–Crippen LogP) is 1.41. The first-order chi connectivity index (χ1) is 10.4. The molecule has 0 atom stereocenters. The van der Waals surface area contributed by atoms with E-state index in [9.17, 15) is 4.79 Å². The largest absolute Gasteiger partial charge is 0.444 e. The number of aromatic amines is 1. The number of hydrogen-bond donors (Lipinski definition) is 1. The molecule has 1 saturated heterocycles. The molecule has 3 rings (SSSR count). The van der Waals surface area contributed by atoms with Crippen molar-refractivity contribution in [1.29, 1.82) is 0 Å². The average molecular weight is 304 g/mol. The first kappa shape index (κ1) is 14.6. The van der Waals surface area contributed by atoms with Crippen LogP contribution in [0, 0.1) is 0 Å². The minimum atomic E-state index is -0.469. The molecular weight excluding hydrogens is 284 g/mol. The maximum atomic E-state index is 12.1. The molecule has 118 valence electrons. The molecule has 2 aromatic rings. The standard InChI is InChI=1S/C14H20N6O2/c1-14(2,3)22-13(21)20-6-4-19(5-7-20)12-10-11(16-8-15-10)17-9-18-12/h8-9H,4-7H2,1-3H3,(H,15,16,17,18). The summed E-state index contributed by atoms with van der Waals surface area (Å²) < 4.78 is 5.40. The van der Waals surface area contributed by atoms with E-state index < -0.39 is 5.60 Å². The molecule has 1 aliphatic heterocycles. The molecule has 1 aliphatic rings. The van der Waals surface area contributed by atoms with Crippen LogP contribution in [0.15, 0.2) is 12.7 Å². The van der Waals surface area contributed by atoms with Crippen molar-refractivity contribution in [3.63, 3.8) is 0 Å². The van der Waals surface area contributed by atoms with Crippen LogP contribution in [-0.4, -0.2) is 62.7 Å². The molecule has 3 heterocycles. The Hall–Kier alpha value is -2.38. The Balaban J connectivity index is 1.67. The van der Waals surface area contributed by atoms with Crippen LogP contribution in [0.4, 0.5) is 10.6 Å². The fourth-order valence-corrected chi connectivity index (χ4v) is 2.42. The van der Waals surface area contributed by atoms with Crippen LogP contribution >= 0.6 is 0 Å². The van der Waals surface area contributed by atoms with Crippen molar-refractivity contribution in [1.82, 2.24) is 24.8 Å². The van der Waals surface area contributed by atoms with E-state index in [1.54, 1.807) is 11.2 Å². The van der Waals surface area contributed by atoms with Crippen LogP contribution in [0.3, 0.4) is 0 Å². The number of fused-ring (bicyclic) bond motifs is 1. The zero-order valence-corrected chi connectivity index (χ0v) is 13.0. The van der Waals surface area contributed by atoms with Gasteiger partial charge in [0.25, 0.3) is 0 Å². The highest BCUT2D eigenvalue weighted by molar-refractivity contribution is 5.82. The monoisotopic (exact) mass is 304 g/mol. The summed E-state index contributed by atoms with van der Waals surface area (Å²) in [6.45, 7) is 8.23. The van der Waals surface area contributed by atoms with E-state index in [-0.39, 0.29) is 6.09 Å². The summed E-state index contributed by atoms with van der Waals surface area (Å²) in [7, 11) is 0. The fraction of sp³-hybridized carbons (Fsp3) is 0.571. The number of ether oxygens (including phenoxy) is 1. The molecule has 22 heavy (non-hydrogen) atoms. The third-order valence-corrected chi connectivity index (χ3v) is 3.43. The number of piperazine rings is 1. The molecule has 0 saturated carbocycles. The molecule has 1 fully saturated rings. The summed E-state index contributed by atoms with van der Waals surface area (Å²) >= 11 is 0. The number of nitrogens with zero attached hydrogens (tertiary/aromatic N) is 5. The van der Waals surface area contributed by atoms with Gasteiger partial charge < -0.3 is 19.5 Å². The van der Waals surface area contributed by atoms with E-state index in [0.29, 0.717) is 31.8 Å². The second kappa shape index (κ2) is 5.43. The number of aromatic nitrogens is 4. The molecule has 1 N–H and O–H groups in total. The van der Waals surface area contributed by atoms with Gasteiger partial charge in [0.2, 0.25) is 0 Å². The highest BCUT2D eigenvalue weighted by Gasteiger charge is 2.27. The van der Waals surface area contributed by atoms with Crippen molar-refractivity contribution in [2.75, 3.05) is 31.1 Å². The number of anilines is 1. The lowest BCUT2D eigenvalue weighted by Gasteiger charge is -2.36. The van der Waals surface area contributed by atoms with E-state index in [0.717, 1.165) is 11.3 Å². The summed E-state index contributed by atoms with van der Waals surface area (Å²) in [5.41, 5.74) is 1.01. The molecule has 8 heteroatoms. The van der Waals surface area contributed by atoms with Gasteiger partial charge in [-0.15, -0.1) is 0 Å². The number of nitrogens with one attached hydrogen (secondary N) is 1. The maximum absolute atomic E-state index is 12.1. The van der Waals surface area contributed by atoms with E-state index >= 15 is 0 Å². The number of hydrogen-bond acceptors (Lipinski definition) is 6. The average Bonchev–Trinajstić information content (AvgIpc) is 2.94. The zero-order valence-electron chi connectivity index (χ0n) is 13.0. The third-order valence-electron chi connectivity index (χ3n) is 3.43. The van der Waals surface area contributed by atoms with Crippen molar-refractivity contribution >= 4 is 23.1 Å². The minimum absolute atomic E-state index is 0.262. The second-order valence-electron chi connectivity index (χ2n) is 6.25. The van der Waals surface area contributed by atoms with Crippen LogP contribution in [0.1, 0.15) is 20.8 Å². The Morgan fingerprint density at radius 3 is 2.59 bits per heavy atom. The van der Waals surface area contributed by atoms with Gasteiger partial charge in [0.15, 0.2) is 11.5 Å². The van der Waals surface area contributed by atoms with Crippen molar-refractivity contribution in [3.8, 4) is 0 Å². The Morgan fingerprint density at radius 1 is 1.18 bits per heavy atom. The molecule has 8 nitrogen and oxygen atoms in total. The van der Waals surface area contributed by atoms with Crippen molar-refractivity contribution in [2.45, 2.75) is 26.4 Å². The van der Waals surface area contributed by atoms with E-state index in [1.165, 1.54) is 6.33 Å². The Labute approximate surface area is 128 Å². The van der Waals surface area contributed by atoms with Crippen LogP contribution in [0.25, 0.3) is 11.2 Å². The first-order valence-corrected chi connectivity index (χ1v) is 7.31. The molecule has 1 amide bonds. The summed E-state index contributed by atoms with van der Waals surface area (Å²) in [6, 6.07) is 0. The van der Waals surface area contributed by atoms with E-state index in [4.69, 9.17) is 4.74 Å². The number of H-pyrrole nitrogens is 1. The van der Waals surface area contributed by atoms with Crippen molar-refractivity contribution in [2.24, 2.45) is 0 Å². The molecule has 0 bridgehead atoms.